The number of hydrogen-bond acceptors (Lipinski definition) is 1. The highest BCUT2D eigenvalue weighted by Gasteiger charge is 2.13. The van der Waals surface area contributed by atoms with Gasteiger partial charge in [0.2, 0.25) is 0 Å². The van der Waals surface area contributed by atoms with E-state index >= 15 is 0 Å². The third-order valence-electron chi connectivity index (χ3n) is 2.88. The van der Waals surface area contributed by atoms with E-state index in [1.165, 1.54) is 6.07 Å². The lowest BCUT2D eigenvalue weighted by atomic mass is 10.0. The minimum absolute atomic E-state index is 0.256. The van der Waals surface area contributed by atoms with Crippen LogP contribution in [0, 0.1) is 11.6 Å². The molecule has 0 spiro atoms. The normalized spacial score (nSPS) is 12.4. The molecule has 2 aromatic carbocycles. The minimum atomic E-state index is -0.834. The third-order valence-corrected chi connectivity index (χ3v) is 4.08. The van der Waals surface area contributed by atoms with Gasteiger partial charge in [-0.3, -0.25) is 0 Å². The molecule has 0 bridgehead atoms. The van der Waals surface area contributed by atoms with Crippen molar-refractivity contribution in [3.05, 3.63) is 65.2 Å². The van der Waals surface area contributed by atoms with Gasteiger partial charge in [0.15, 0.2) is 11.6 Å². The number of rotatable bonds is 4. The van der Waals surface area contributed by atoms with Crippen LogP contribution in [0.4, 0.5) is 8.78 Å². The van der Waals surface area contributed by atoms with Gasteiger partial charge in [-0.05, 0) is 42.0 Å². The summed E-state index contributed by atoms with van der Waals surface area (Å²) in [4.78, 5) is 1.10. The van der Waals surface area contributed by atoms with Crippen LogP contribution in [0.5, 0.6) is 0 Å². The Balaban J connectivity index is 2.20. The van der Waals surface area contributed by atoms with Gasteiger partial charge < -0.3 is 0 Å². The van der Waals surface area contributed by atoms with Crippen LogP contribution in [-0.2, 0) is 6.42 Å². The van der Waals surface area contributed by atoms with Gasteiger partial charge in [-0.2, -0.15) is 0 Å². The molecule has 0 heterocycles. The van der Waals surface area contributed by atoms with Gasteiger partial charge in [-0.25, -0.2) is 8.78 Å². The molecule has 1 atom stereocenters. The average molecular weight is 299 g/mol. The van der Waals surface area contributed by atoms with E-state index in [0.717, 1.165) is 16.5 Å². The Bertz CT molecular complexity index is 572. The molecule has 0 fully saturated rings. The van der Waals surface area contributed by atoms with Crippen LogP contribution in [-0.4, -0.2) is 6.26 Å². The van der Waals surface area contributed by atoms with E-state index in [1.807, 2.05) is 30.5 Å². The largest absolute Gasteiger partial charge is 0.204 e. The van der Waals surface area contributed by atoms with Gasteiger partial charge in [-0.1, -0.05) is 24.3 Å². The second kappa shape index (κ2) is 6.40. The molecule has 0 aliphatic rings. The topological polar surface area (TPSA) is 0 Å². The fourth-order valence-electron chi connectivity index (χ4n) is 1.91. The van der Waals surface area contributed by atoms with E-state index in [9.17, 15) is 8.78 Å². The Morgan fingerprint density at radius 3 is 2.53 bits per heavy atom. The minimum Gasteiger partial charge on any atom is -0.204 e. The summed E-state index contributed by atoms with van der Waals surface area (Å²) in [5.41, 5.74) is 1.70. The lowest BCUT2D eigenvalue weighted by Crippen LogP contribution is -1.99. The van der Waals surface area contributed by atoms with E-state index < -0.39 is 11.6 Å². The Morgan fingerprint density at radius 2 is 1.84 bits per heavy atom. The van der Waals surface area contributed by atoms with Crippen molar-refractivity contribution in [2.24, 2.45) is 0 Å². The maximum Gasteiger partial charge on any atom is 0.159 e. The van der Waals surface area contributed by atoms with E-state index in [-0.39, 0.29) is 5.38 Å². The Kier molecular flexibility index (Phi) is 4.83. The SMILES string of the molecule is CSc1ccccc1C(Cl)Cc1ccc(F)c(F)c1. The first kappa shape index (κ1) is 14.4. The molecule has 0 amide bonds. The van der Waals surface area contributed by atoms with Crippen LogP contribution in [0.25, 0.3) is 0 Å². The summed E-state index contributed by atoms with van der Waals surface area (Å²) in [6.07, 6.45) is 2.45. The van der Waals surface area contributed by atoms with Gasteiger partial charge in [0.25, 0.3) is 0 Å². The second-order valence-electron chi connectivity index (χ2n) is 4.16. The van der Waals surface area contributed by atoms with E-state index in [1.54, 1.807) is 17.8 Å². The van der Waals surface area contributed by atoms with Gasteiger partial charge in [0.1, 0.15) is 0 Å². The molecule has 1 unspecified atom stereocenters. The van der Waals surface area contributed by atoms with Crippen molar-refractivity contribution in [2.45, 2.75) is 16.7 Å². The lowest BCUT2D eigenvalue weighted by molar-refractivity contribution is 0.507. The van der Waals surface area contributed by atoms with E-state index in [4.69, 9.17) is 11.6 Å². The molecule has 2 rings (SSSR count). The summed E-state index contributed by atoms with van der Waals surface area (Å²) >= 11 is 8.01. The summed E-state index contributed by atoms with van der Waals surface area (Å²) < 4.78 is 26.0. The van der Waals surface area contributed by atoms with Crippen molar-refractivity contribution in [2.75, 3.05) is 6.26 Å². The van der Waals surface area contributed by atoms with Crippen LogP contribution in [0.1, 0.15) is 16.5 Å². The summed E-state index contributed by atoms with van der Waals surface area (Å²) in [6.45, 7) is 0. The first-order chi connectivity index (χ1) is 9.11. The highest BCUT2D eigenvalue weighted by Crippen LogP contribution is 2.32. The zero-order valence-corrected chi connectivity index (χ0v) is 11.9. The van der Waals surface area contributed by atoms with Gasteiger partial charge in [0, 0.05) is 4.90 Å². The molecule has 100 valence electrons. The monoisotopic (exact) mass is 298 g/mol. The molecule has 0 aromatic heterocycles. The summed E-state index contributed by atoms with van der Waals surface area (Å²) in [6, 6.07) is 11.7. The van der Waals surface area contributed by atoms with Crippen molar-refractivity contribution in [3.63, 3.8) is 0 Å². The third kappa shape index (κ3) is 3.48. The predicted molar refractivity (Wildman–Crippen MR) is 76.9 cm³/mol. The maximum atomic E-state index is 13.2. The summed E-state index contributed by atoms with van der Waals surface area (Å²) in [5, 5.41) is -0.256. The van der Waals surface area contributed by atoms with Crippen LogP contribution >= 0.6 is 23.4 Å². The first-order valence-electron chi connectivity index (χ1n) is 5.82. The van der Waals surface area contributed by atoms with E-state index in [2.05, 4.69) is 0 Å². The molecular weight excluding hydrogens is 286 g/mol. The fraction of sp³-hybridized carbons (Fsp3) is 0.200. The van der Waals surface area contributed by atoms with Crippen molar-refractivity contribution in [3.8, 4) is 0 Å². The van der Waals surface area contributed by atoms with E-state index in [0.29, 0.717) is 12.0 Å². The summed E-state index contributed by atoms with van der Waals surface area (Å²) in [5.74, 6) is -1.67. The van der Waals surface area contributed by atoms with Crippen LogP contribution in [0.15, 0.2) is 47.4 Å². The first-order valence-corrected chi connectivity index (χ1v) is 7.49. The molecule has 0 radical (unpaired) electrons. The molecule has 0 nitrogen and oxygen atoms in total. The maximum absolute atomic E-state index is 13.2. The van der Waals surface area contributed by atoms with Crippen molar-refractivity contribution < 1.29 is 8.78 Å². The number of alkyl halides is 1. The molecule has 2 aromatic rings. The zero-order chi connectivity index (χ0) is 13.8. The lowest BCUT2D eigenvalue weighted by Gasteiger charge is -2.13. The molecule has 0 saturated carbocycles. The molecule has 4 heteroatoms. The Morgan fingerprint density at radius 1 is 1.11 bits per heavy atom. The molecule has 0 aliphatic heterocycles. The smallest absolute Gasteiger partial charge is 0.159 e. The molecular formula is C15H13ClF2S. The predicted octanol–water partition coefficient (Wildman–Crippen LogP) is 5.21. The number of halogens is 3. The van der Waals surface area contributed by atoms with Gasteiger partial charge in [-0.15, -0.1) is 23.4 Å². The Hall–Kier alpha value is -1.06. The van der Waals surface area contributed by atoms with Crippen LogP contribution < -0.4 is 0 Å². The standard InChI is InChI=1S/C15H13ClF2S/c1-19-15-5-3-2-4-11(15)12(16)8-10-6-7-13(17)14(18)9-10/h2-7,9,12H,8H2,1H3. The zero-order valence-electron chi connectivity index (χ0n) is 10.4. The van der Waals surface area contributed by atoms with Crippen LogP contribution in [0.2, 0.25) is 0 Å². The number of thioether (sulfide) groups is 1. The van der Waals surface area contributed by atoms with Crippen molar-refractivity contribution in [1.29, 1.82) is 0 Å². The quantitative estimate of drug-likeness (QED) is 0.551. The molecule has 0 saturated heterocycles. The second-order valence-corrected chi connectivity index (χ2v) is 5.54. The highest BCUT2D eigenvalue weighted by molar-refractivity contribution is 7.98. The Labute approximate surface area is 120 Å². The van der Waals surface area contributed by atoms with Gasteiger partial charge in [0.05, 0.1) is 5.38 Å². The molecule has 0 aliphatic carbocycles. The van der Waals surface area contributed by atoms with Crippen molar-refractivity contribution in [1.82, 2.24) is 0 Å². The average Bonchev–Trinajstić information content (AvgIpc) is 2.43. The summed E-state index contributed by atoms with van der Waals surface area (Å²) in [7, 11) is 0. The number of benzene rings is 2. The molecule has 0 N–H and O–H groups in total. The fourth-order valence-corrected chi connectivity index (χ4v) is 3.00. The van der Waals surface area contributed by atoms with Gasteiger partial charge >= 0.3 is 0 Å². The van der Waals surface area contributed by atoms with Crippen molar-refractivity contribution >= 4 is 23.4 Å². The highest BCUT2D eigenvalue weighted by atomic mass is 35.5. The number of hydrogen-bond donors (Lipinski definition) is 0. The van der Waals surface area contributed by atoms with Crippen LogP contribution in [0.3, 0.4) is 0 Å². The molecule has 19 heavy (non-hydrogen) atoms.